The van der Waals surface area contributed by atoms with Crippen LogP contribution < -0.4 is 5.32 Å². The quantitative estimate of drug-likeness (QED) is 0.835. The summed E-state index contributed by atoms with van der Waals surface area (Å²) in [7, 11) is 0. The van der Waals surface area contributed by atoms with Gasteiger partial charge in [-0.25, -0.2) is 0 Å². The number of rotatable bonds is 3. The summed E-state index contributed by atoms with van der Waals surface area (Å²) in [5.74, 6) is 0.487. The fraction of sp³-hybridized carbons (Fsp3) is 0.462. The van der Waals surface area contributed by atoms with Crippen LogP contribution in [0.1, 0.15) is 23.2 Å². The summed E-state index contributed by atoms with van der Waals surface area (Å²) in [5, 5.41) is 12.2. The van der Waals surface area contributed by atoms with Gasteiger partial charge in [-0.3, -0.25) is 4.79 Å². The van der Waals surface area contributed by atoms with Crippen LogP contribution in [0.3, 0.4) is 0 Å². The molecule has 0 atom stereocenters. The van der Waals surface area contributed by atoms with Gasteiger partial charge in [0.2, 0.25) is 0 Å². The van der Waals surface area contributed by atoms with Gasteiger partial charge in [-0.1, -0.05) is 6.07 Å². The van der Waals surface area contributed by atoms with Crippen LogP contribution in [0.4, 0.5) is 0 Å². The van der Waals surface area contributed by atoms with Crippen molar-refractivity contribution in [3.63, 3.8) is 0 Å². The van der Waals surface area contributed by atoms with Gasteiger partial charge < -0.3 is 15.2 Å². The molecular weight excluding hydrogens is 218 g/mol. The molecular formula is C13H17NO3. The van der Waals surface area contributed by atoms with Gasteiger partial charge in [0.15, 0.2) is 0 Å². The van der Waals surface area contributed by atoms with E-state index >= 15 is 0 Å². The Kier molecular flexibility index (Phi) is 3.98. The average molecular weight is 235 g/mol. The second-order valence-corrected chi connectivity index (χ2v) is 4.32. The van der Waals surface area contributed by atoms with Crippen LogP contribution in [0, 0.1) is 5.92 Å². The number of ether oxygens (including phenoxy) is 1. The molecule has 4 nitrogen and oxygen atoms in total. The molecule has 1 fully saturated rings. The second-order valence-electron chi connectivity index (χ2n) is 4.32. The van der Waals surface area contributed by atoms with E-state index in [9.17, 15) is 9.90 Å². The van der Waals surface area contributed by atoms with E-state index in [1.807, 2.05) is 0 Å². The number of hydrogen-bond donors (Lipinski definition) is 2. The van der Waals surface area contributed by atoms with Crippen LogP contribution >= 0.6 is 0 Å². The van der Waals surface area contributed by atoms with Gasteiger partial charge >= 0.3 is 0 Å². The fourth-order valence-corrected chi connectivity index (χ4v) is 1.94. The van der Waals surface area contributed by atoms with Crippen molar-refractivity contribution in [3.05, 3.63) is 29.8 Å². The van der Waals surface area contributed by atoms with Crippen molar-refractivity contribution in [2.45, 2.75) is 12.8 Å². The third-order valence-corrected chi connectivity index (χ3v) is 3.00. The summed E-state index contributed by atoms with van der Waals surface area (Å²) in [6.07, 6.45) is 2.00. The van der Waals surface area contributed by atoms with E-state index in [1.165, 1.54) is 6.07 Å². The predicted octanol–water partition coefficient (Wildman–Crippen LogP) is 1.55. The van der Waals surface area contributed by atoms with Gasteiger partial charge in [0.1, 0.15) is 5.75 Å². The van der Waals surface area contributed by atoms with Crippen molar-refractivity contribution in [1.82, 2.24) is 5.32 Å². The Hall–Kier alpha value is -1.55. The molecule has 1 heterocycles. The van der Waals surface area contributed by atoms with Crippen LogP contribution in [0.15, 0.2) is 24.3 Å². The number of phenols is 1. The van der Waals surface area contributed by atoms with Crippen LogP contribution in [-0.4, -0.2) is 30.8 Å². The maximum atomic E-state index is 11.8. The van der Waals surface area contributed by atoms with Crippen molar-refractivity contribution in [1.29, 1.82) is 0 Å². The first-order chi connectivity index (χ1) is 8.25. The molecule has 1 amide bonds. The van der Waals surface area contributed by atoms with E-state index in [-0.39, 0.29) is 11.7 Å². The van der Waals surface area contributed by atoms with Crippen molar-refractivity contribution in [2.75, 3.05) is 19.8 Å². The first-order valence-electron chi connectivity index (χ1n) is 5.90. The highest BCUT2D eigenvalue weighted by atomic mass is 16.5. The Morgan fingerprint density at radius 1 is 1.41 bits per heavy atom. The number of nitrogens with one attached hydrogen (secondary N) is 1. The third kappa shape index (κ3) is 3.46. The Balaban J connectivity index is 1.84. The Bertz CT molecular complexity index is 386. The number of aromatic hydroxyl groups is 1. The number of amides is 1. The lowest BCUT2D eigenvalue weighted by Crippen LogP contribution is -2.32. The lowest BCUT2D eigenvalue weighted by atomic mass is 10.0. The summed E-state index contributed by atoms with van der Waals surface area (Å²) in [4.78, 5) is 11.8. The molecule has 0 unspecified atom stereocenters. The molecule has 1 aromatic carbocycles. The summed E-state index contributed by atoms with van der Waals surface area (Å²) in [6.45, 7) is 2.25. The molecule has 17 heavy (non-hydrogen) atoms. The monoisotopic (exact) mass is 235 g/mol. The topological polar surface area (TPSA) is 58.6 Å². The second kappa shape index (κ2) is 5.68. The van der Waals surface area contributed by atoms with Crippen LogP contribution in [0.5, 0.6) is 5.75 Å². The highest BCUT2D eigenvalue weighted by Crippen LogP contribution is 2.14. The van der Waals surface area contributed by atoms with Gasteiger partial charge in [-0.15, -0.1) is 0 Å². The summed E-state index contributed by atoms with van der Waals surface area (Å²) < 4.78 is 5.26. The molecule has 1 aliphatic heterocycles. The third-order valence-electron chi connectivity index (χ3n) is 3.00. The zero-order chi connectivity index (χ0) is 12.1. The van der Waals surface area contributed by atoms with Crippen LogP contribution in [0.2, 0.25) is 0 Å². The Morgan fingerprint density at radius 3 is 2.88 bits per heavy atom. The molecule has 1 saturated heterocycles. The number of carbonyl (C=O) groups is 1. The van der Waals surface area contributed by atoms with E-state index in [0.29, 0.717) is 18.0 Å². The van der Waals surface area contributed by atoms with Gasteiger partial charge in [-0.2, -0.15) is 0 Å². The molecule has 4 heteroatoms. The summed E-state index contributed by atoms with van der Waals surface area (Å²) in [5.41, 5.74) is 0.497. The van der Waals surface area contributed by atoms with Crippen LogP contribution in [-0.2, 0) is 4.74 Å². The number of phenolic OH excluding ortho intramolecular Hbond substituents is 1. The average Bonchev–Trinajstić information content (AvgIpc) is 2.37. The highest BCUT2D eigenvalue weighted by molar-refractivity contribution is 5.94. The minimum absolute atomic E-state index is 0.115. The smallest absolute Gasteiger partial charge is 0.251 e. The Labute approximate surface area is 101 Å². The summed E-state index contributed by atoms with van der Waals surface area (Å²) >= 11 is 0. The van der Waals surface area contributed by atoms with Crippen molar-refractivity contribution < 1.29 is 14.6 Å². The molecule has 0 bridgehead atoms. The minimum atomic E-state index is -0.132. The standard InChI is InChI=1S/C13H17NO3/c15-12-3-1-2-11(8-12)13(16)14-9-10-4-6-17-7-5-10/h1-3,8,10,15H,4-7,9H2,(H,14,16). The largest absolute Gasteiger partial charge is 0.508 e. The molecule has 92 valence electrons. The number of carbonyl (C=O) groups excluding carboxylic acids is 1. The summed E-state index contributed by atoms with van der Waals surface area (Å²) in [6, 6.07) is 6.38. The molecule has 0 aromatic heterocycles. The minimum Gasteiger partial charge on any atom is -0.508 e. The normalized spacial score (nSPS) is 16.7. The van der Waals surface area contributed by atoms with E-state index in [2.05, 4.69) is 5.32 Å². The lowest BCUT2D eigenvalue weighted by Gasteiger charge is -2.22. The van der Waals surface area contributed by atoms with Crippen LogP contribution in [0.25, 0.3) is 0 Å². The molecule has 0 aliphatic carbocycles. The number of hydrogen-bond acceptors (Lipinski definition) is 3. The molecule has 1 aromatic rings. The SMILES string of the molecule is O=C(NCC1CCOCC1)c1cccc(O)c1. The predicted molar refractivity (Wildman–Crippen MR) is 64.0 cm³/mol. The zero-order valence-corrected chi connectivity index (χ0v) is 9.69. The molecule has 2 rings (SSSR count). The van der Waals surface area contributed by atoms with E-state index < -0.39 is 0 Å². The van der Waals surface area contributed by atoms with Gasteiger partial charge in [-0.05, 0) is 37.0 Å². The van der Waals surface area contributed by atoms with E-state index in [0.717, 1.165) is 26.1 Å². The van der Waals surface area contributed by atoms with Crippen molar-refractivity contribution in [3.8, 4) is 5.75 Å². The molecule has 1 aliphatic rings. The first kappa shape index (κ1) is 11.9. The van der Waals surface area contributed by atoms with E-state index in [4.69, 9.17) is 4.74 Å². The maximum Gasteiger partial charge on any atom is 0.251 e. The zero-order valence-electron chi connectivity index (χ0n) is 9.69. The molecule has 0 saturated carbocycles. The van der Waals surface area contributed by atoms with Gasteiger partial charge in [0.25, 0.3) is 5.91 Å². The fourth-order valence-electron chi connectivity index (χ4n) is 1.94. The van der Waals surface area contributed by atoms with Gasteiger partial charge in [0.05, 0.1) is 0 Å². The van der Waals surface area contributed by atoms with E-state index in [1.54, 1.807) is 18.2 Å². The Morgan fingerprint density at radius 2 is 2.18 bits per heavy atom. The van der Waals surface area contributed by atoms with Gasteiger partial charge in [0, 0.05) is 25.3 Å². The molecule has 2 N–H and O–H groups in total. The lowest BCUT2D eigenvalue weighted by molar-refractivity contribution is 0.0642. The van der Waals surface area contributed by atoms with Crippen molar-refractivity contribution >= 4 is 5.91 Å². The highest BCUT2D eigenvalue weighted by Gasteiger charge is 2.15. The molecule has 0 radical (unpaired) electrons. The van der Waals surface area contributed by atoms with Crippen molar-refractivity contribution in [2.24, 2.45) is 5.92 Å². The molecule has 0 spiro atoms. The number of benzene rings is 1. The first-order valence-corrected chi connectivity index (χ1v) is 5.90. The maximum absolute atomic E-state index is 11.8.